The van der Waals surface area contributed by atoms with E-state index in [2.05, 4.69) is 36.8 Å². The molecule has 22 nitrogen and oxygen atoms in total. The fourth-order valence-corrected chi connectivity index (χ4v) is 5.75. The van der Waals surface area contributed by atoms with Gasteiger partial charge < -0.3 is 58.2 Å². The van der Waals surface area contributed by atoms with Crippen molar-refractivity contribution in [3.8, 4) is 0 Å². The summed E-state index contributed by atoms with van der Waals surface area (Å²) in [6.45, 7) is 10.9. The van der Waals surface area contributed by atoms with Gasteiger partial charge in [0, 0.05) is 24.0 Å². The van der Waals surface area contributed by atoms with E-state index in [0.717, 1.165) is 0 Å². The van der Waals surface area contributed by atoms with Crippen LogP contribution in [0, 0.1) is 0 Å². The molecule has 0 aromatic carbocycles. The molecule has 2 atom stereocenters. The van der Waals surface area contributed by atoms with Gasteiger partial charge in [-0.2, -0.15) is 0 Å². The maximum absolute atomic E-state index is 11.9. The predicted octanol–water partition coefficient (Wildman–Crippen LogP) is 0.767. The van der Waals surface area contributed by atoms with Gasteiger partial charge in [-0.15, -0.1) is 0 Å². The van der Waals surface area contributed by atoms with Crippen LogP contribution in [0.5, 0.6) is 0 Å². The molecule has 0 saturated heterocycles. The first-order chi connectivity index (χ1) is 24.7. The van der Waals surface area contributed by atoms with Gasteiger partial charge in [0.15, 0.2) is 10.3 Å². The molecule has 0 spiro atoms. The van der Waals surface area contributed by atoms with Crippen molar-refractivity contribution in [1.29, 1.82) is 0 Å². The minimum atomic E-state index is -5.36. The normalized spacial score (nSPS) is 13.2. The summed E-state index contributed by atoms with van der Waals surface area (Å²) in [4.78, 5) is 130. The molecule has 308 valence electrons. The standard InChI is InChI=1S/2C15H23O11P/c1-4-24-12(17)9-15(14(19)20,27(21,22)23)6-5-11(16)25-7-8-26-13(18)10(2)3;1-4-24-11(16)5-6-15(14(19)20,27(21,22)23)9-12(17)25-7-8-26-13(18)10(2)3/h2*2,4-9H2,1,3H3,(H,19,20)(H2,21,22,23). The monoisotopic (exact) mass is 820 g/mol. The van der Waals surface area contributed by atoms with E-state index in [4.69, 9.17) is 4.74 Å². The molecule has 0 fully saturated rings. The van der Waals surface area contributed by atoms with Crippen LogP contribution in [0.2, 0.25) is 0 Å². The molecule has 0 aliphatic heterocycles. The fraction of sp³-hybridized carbons (Fsp3) is 0.600. The van der Waals surface area contributed by atoms with Gasteiger partial charge in [0.1, 0.15) is 26.4 Å². The van der Waals surface area contributed by atoms with Crippen molar-refractivity contribution in [1.82, 2.24) is 0 Å². The third kappa shape index (κ3) is 18.0. The summed E-state index contributed by atoms with van der Waals surface area (Å²) in [6, 6.07) is 0. The van der Waals surface area contributed by atoms with E-state index in [-0.39, 0.29) is 44.2 Å². The summed E-state index contributed by atoms with van der Waals surface area (Å²) in [5, 5.41) is 13.0. The number of carboxylic acid groups (broad SMARTS) is 2. The average molecular weight is 821 g/mol. The molecule has 6 N–H and O–H groups in total. The topological polar surface area (TPSA) is 347 Å². The van der Waals surface area contributed by atoms with Crippen LogP contribution in [-0.2, 0) is 75.9 Å². The van der Waals surface area contributed by atoms with E-state index < -0.39 is 118 Å². The van der Waals surface area contributed by atoms with Crippen LogP contribution in [0.25, 0.3) is 0 Å². The van der Waals surface area contributed by atoms with Crippen molar-refractivity contribution in [2.45, 2.75) is 76.5 Å². The quantitative estimate of drug-likeness (QED) is 0.0257. The van der Waals surface area contributed by atoms with Gasteiger partial charge >= 0.3 is 62.9 Å². The Morgan fingerprint density at radius 2 is 0.796 bits per heavy atom. The van der Waals surface area contributed by atoms with Gasteiger partial charge in [-0.1, -0.05) is 13.2 Å². The van der Waals surface area contributed by atoms with E-state index in [1.807, 2.05) is 0 Å². The second kappa shape index (κ2) is 24.0. The molecule has 0 aromatic rings. The number of hydrogen-bond donors (Lipinski definition) is 6. The first kappa shape index (κ1) is 51.6. The highest BCUT2D eigenvalue weighted by molar-refractivity contribution is 7.55. The van der Waals surface area contributed by atoms with Crippen LogP contribution < -0.4 is 0 Å². The van der Waals surface area contributed by atoms with Gasteiger partial charge in [0.2, 0.25) is 0 Å². The number of hydrogen-bond acceptors (Lipinski definition) is 16. The molecule has 0 aliphatic carbocycles. The molecule has 0 aliphatic rings. The lowest BCUT2D eigenvalue weighted by Crippen LogP contribution is -2.42. The van der Waals surface area contributed by atoms with E-state index in [0.29, 0.717) is 0 Å². The average Bonchev–Trinajstić information content (AvgIpc) is 3.04. The molecular weight excluding hydrogens is 774 g/mol. The molecular formula is C30H46O22P2. The summed E-state index contributed by atoms with van der Waals surface area (Å²) in [7, 11) is -10.7. The van der Waals surface area contributed by atoms with Crippen molar-refractivity contribution in [3.63, 3.8) is 0 Å². The third-order valence-corrected chi connectivity index (χ3v) is 10.1. The Labute approximate surface area is 309 Å². The van der Waals surface area contributed by atoms with Crippen molar-refractivity contribution >= 4 is 62.9 Å². The fourth-order valence-electron chi connectivity index (χ4n) is 3.78. The lowest BCUT2D eigenvalue weighted by Gasteiger charge is -2.28. The molecule has 0 rings (SSSR count). The molecule has 0 amide bonds. The maximum Gasteiger partial charge on any atom is 0.343 e. The van der Waals surface area contributed by atoms with Gasteiger partial charge in [-0.05, 0) is 40.5 Å². The lowest BCUT2D eigenvalue weighted by molar-refractivity contribution is -0.154. The molecule has 54 heavy (non-hydrogen) atoms. The van der Waals surface area contributed by atoms with E-state index in [1.165, 1.54) is 27.7 Å². The second-order valence-electron chi connectivity index (χ2n) is 11.0. The number of carbonyl (C=O) groups excluding carboxylic acids is 6. The van der Waals surface area contributed by atoms with Crippen molar-refractivity contribution in [2.75, 3.05) is 39.6 Å². The molecule has 24 heteroatoms. The number of rotatable bonds is 24. The van der Waals surface area contributed by atoms with Crippen LogP contribution in [0.3, 0.4) is 0 Å². The van der Waals surface area contributed by atoms with Gasteiger partial charge in [-0.25, -0.2) is 9.59 Å². The number of carbonyl (C=O) groups is 8. The van der Waals surface area contributed by atoms with Crippen LogP contribution in [0.4, 0.5) is 0 Å². The van der Waals surface area contributed by atoms with Gasteiger partial charge in [-0.3, -0.25) is 37.9 Å². The van der Waals surface area contributed by atoms with Crippen molar-refractivity contribution in [3.05, 3.63) is 24.3 Å². The zero-order valence-corrected chi connectivity index (χ0v) is 31.8. The van der Waals surface area contributed by atoms with E-state index >= 15 is 0 Å². The largest absolute Gasteiger partial charge is 0.480 e. The number of esters is 6. The van der Waals surface area contributed by atoms with Crippen LogP contribution in [0.1, 0.15) is 66.2 Å². The molecule has 0 radical (unpaired) electrons. The van der Waals surface area contributed by atoms with E-state index in [1.54, 1.807) is 0 Å². The highest BCUT2D eigenvalue weighted by Gasteiger charge is 2.56. The molecule has 0 heterocycles. The van der Waals surface area contributed by atoms with Gasteiger partial charge in [0.25, 0.3) is 0 Å². The predicted molar refractivity (Wildman–Crippen MR) is 179 cm³/mol. The number of aliphatic carboxylic acids is 2. The Bertz CT molecular complexity index is 1490. The summed E-state index contributed by atoms with van der Waals surface area (Å²) in [5.74, 6) is -9.51. The third-order valence-electron chi connectivity index (χ3n) is 6.74. The van der Waals surface area contributed by atoms with Gasteiger partial charge in [0.05, 0.1) is 26.1 Å². The van der Waals surface area contributed by atoms with Crippen LogP contribution in [0.15, 0.2) is 24.3 Å². The van der Waals surface area contributed by atoms with Crippen LogP contribution in [-0.4, -0.2) is 127 Å². The van der Waals surface area contributed by atoms with Crippen molar-refractivity contribution < 1.29 is 106 Å². The first-order valence-electron chi connectivity index (χ1n) is 15.6. The minimum absolute atomic E-state index is 0.000238. The van der Waals surface area contributed by atoms with Crippen molar-refractivity contribution in [2.24, 2.45) is 0 Å². The lowest BCUT2D eigenvalue weighted by atomic mass is 9.98. The Hall–Kier alpha value is -4.46. The first-order valence-corrected chi connectivity index (χ1v) is 18.8. The summed E-state index contributed by atoms with van der Waals surface area (Å²) < 4.78 is 51.4. The Balaban J connectivity index is 0. The molecule has 0 aromatic heterocycles. The molecule has 0 bridgehead atoms. The zero-order valence-electron chi connectivity index (χ0n) is 30.0. The Kier molecular flexibility index (Phi) is 23.0. The SMILES string of the molecule is C=C(C)C(=O)OCCOC(=O)CC(CCC(=O)OCC)(C(=O)O)P(=O)(O)O.C=C(C)C(=O)OCCOC(=O)CCC(CC(=O)OCC)(C(=O)O)P(=O)(O)O. The highest BCUT2D eigenvalue weighted by atomic mass is 31.2. The summed E-state index contributed by atoms with van der Waals surface area (Å²) in [6.07, 6.45) is -5.27. The summed E-state index contributed by atoms with van der Waals surface area (Å²) in [5.41, 5.74) is 0.264. The Morgan fingerprint density at radius 1 is 0.519 bits per heavy atom. The van der Waals surface area contributed by atoms with E-state index in [9.17, 15) is 77.3 Å². The highest BCUT2D eigenvalue weighted by Crippen LogP contribution is 2.56. The zero-order chi connectivity index (χ0) is 42.5. The Morgan fingerprint density at radius 3 is 1.09 bits per heavy atom. The number of ether oxygens (including phenoxy) is 6. The molecule has 0 saturated carbocycles. The second-order valence-corrected chi connectivity index (χ2v) is 14.9. The number of carboxylic acids is 2. The minimum Gasteiger partial charge on any atom is -0.480 e. The van der Waals surface area contributed by atoms with Crippen LogP contribution >= 0.6 is 15.2 Å². The maximum atomic E-state index is 11.9. The smallest absolute Gasteiger partial charge is 0.343 e. The molecule has 2 unspecified atom stereocenters. The summed E-state index contributed by atoms with van der Waals surface area (Å²) >= 11 is 0.